The van der Waals surface area contributed by atoms with Crippen molar-refractivity contribution in [1.29, 1.82) is 0 Å². The van der Waals surface area contributed by atoms with Gasteiger partial charge in [0, 0.05) is 12.2 Å². The zero-order valence-corrected chi connectivity index (χ0v) is 25.2. The molecule has 0 aliphatic carbocycles. The molecule has 1 fully saturated rings. The molecule has 0 saturated carbocycles. The van der Waals surface area contributed by atoms with E-state index in [1.807, 2.05) is 67.6 Å². The maximum atomic E-state index is 13.5. The van der Waals surface area contributed by atoms with Crippen LogP contribution in [0.5, 0.6) is 11.5 Å². The Morgan fingerprint density at radius 2 is 1.80 bits per heavy atom. The Balaban J connectivity index is 1.10. The molecule has 7 rings (SSSR count). The normalized spacial score (nSPS) is 14.8. The van der Waals surface area contributed by atoms with Gasteiger partial charge < -0.3 is 20.3 Å². The monoisotopic (exact) mass is 604 g/mol. The van der Waals surface area contributed by atoms with Crippen LogP contribution in [0.15, 0.2) is 79.1 Å². The van der Waals surface area contributed by atoms with E-state index >= 15 is 0 Å². The molecule has 222 valence electrons. The Morgan fingerprint density at radius 1 is 1.00 bits per heavy atom. The fourth-order valence-corrected chi connectivity index (χ4v) is 6.77. The molecule has 1 saturated heterocycles. The van der Waals surface area contributed by atoms with Crippen LogP contribution >= 0.6 is 11.3 Å². The number of aromatic nitrogens is 2. The summed E-state index contributed by atoms with van der Waals surface area (Å²) in [5, 5.41) is 6.57. The minimum atomic E-state index is -0.404. The van der Waals surface area contributed by atoms with Crippen molar-refractivity contribution in [3.8, 4) is 11.5 Å². The highest BCUT2D eigenvalue weighted by Gasteiger charge is 2.34. The molecular formula is C34H32N6O3S. The molecule has 2 aliphatic rings. The second kappa shape index (κ2) is 12.1. The van der Waals surface area contributed by atoms with Gasteiger partial charge in [-0.15, -0.1) is 11.3 Å². The summed E-state index contributed by atoms with van der Waals surface area (Å²) in [5.74, 6) is 1.55. The topological polar surface area (TPSA) is 99.7 Å². The van der Waals surface area contributed by atoms with E-state index in [4.69, 9.17) is 4.74 Å². The number of piperidine rings is 1. The lowest BCUT2D eigenvalue weighted by Crippen LogP contribution is -2.35. The number of aryl methyl sites for hydroxylation is 1. The van der Waals surface area contributed by atoms with Gasteiger partial charge in [0.25, 0.3) is 5.91 Å². The summed E-state index contributed by atoms with van der Waals surface area (Å²) in [4.78, 5) is 40.9. The number of amides is 3. The maximum Gasteiger partial charge on any atom is 0.332 e. The van der Waals surface area contributed by atoms with Crippen LogP contribution in [0.3, 0.4) is 0 Å². The largest absolute Gasteiger partial charge is 0.457 e. The van der Waals surface area contributed by atoms with Gasteiger partial charge in [0.2, 0.25) is 0 Å². The number of anilines is 4. The van der Waals surface area contributed by atoms with Gasteiger partial charge in [-0.05, 0) is 92.9 Å². The highest BCUT2D eigenvalue weighted by molar-refractivity contribution is 7.21. The number of hydrogen-bond acceptors (Lipinski definition) is 7. The lowest BCUT2D eigenvalue weighted by Gasteiger charge is -2.27. The molecule has 0 radical (unpaired) electrons. The lowest BCUT2D eigenvalue weighted by molar-refractivity contribution is 0.103. The molecule has 3 amide bonds. The number of thiophene rings is 1. The van der Waals surface area contributed by atoms with Gasteiger partial charge in [-0.3, -0.25) is 4.79 Å². The number of hydrogen-bond donors (Lipinski definition) is 2. The van der Waals surface area contributed by atoms with Crippen LogP contribution in [0.2, 0.25) is 0 Å². The second-order valence-corrected chi connectivity index (χ2v) is 12.1. The van der Waals surface area contributed by atoms with Crippen LogP contribution < -0.4 is 20.3 Å². The first-order valence-corrected chi connectivity index (χ1v) is 15.7. The van der Waals surface area contributed by atoms with Crippen molar-refractivity contribution in [2.24, 2.45) is 0 Å². The quantitative estimate of drug-likeness (QED) is 0.188. The van der Waals surface area contributed by atoms with Crippen LogP contribution in [0, 0.1) is 6.92 Å². The summed E-state index contributed by atoms with van der Waals surface area (Å²) < 4.78 is 6.03. The molecule has 10 heteroatoms. The first kappa shape index (κ1) is 28.0. The van der Waals surface area contributed by atoms with Crippen LogP contribution in [-0.4, -0.2) is 46.4 Å². The third-order valence-electron chi connectivity index (χ3n) is 8.09. The number of rotatable bonds is 8. The predicted octanol–water partition coefficient (Wildman–Crippen LogP) is 7.76. The Labute approximate surface area is 259 Å². The summed E-state index contributed by atoms with van der Waals surface area (Å²) in [7, 11) is 0. The summed E-state index contributed by atoms with van der Waals surface area (Å²) in [6, 6.07) is 22.7. The zero-order chi connectivity index (χ0) is 30.0. The van der Waals surface area contributed by atoms with Gasteiger partial charge in [0.15, 0.2) is 5.82 Å². The molecule has 2 N–H and O–H groups in total. The Bertz CT molecular complexity index is 1830. The number of benzene rings is 3. The van der Waals surface area contributed by atoms with E-state index < -0.39 is 6.03 Å². The molecule has 0 bridgehead atoms. The third-order valence-corrected chi connectivity index (χ3v) is 9.18. The van der Waals surface area contributed by atoms with Crippen molar-refractivity contribution in [2.45, 2.75) is 32.6 Å². The number of nitrogens with one attached hydrogen (secondary N) is 2. The molecule has 0 atom stereocenters. The standard InChI is InChI=1S/C34H32N6O3S/c1-22-20-25(14-15-27(22)43-26-8-4-2-5-9-26)40-31-28-29(38-34(40)42)30(44-33(28)36-21-35-31)32(41)37-24-12-10-23(11-13-24)16-19-39-17-6-3-7-18-39/h2,4-5,8-15,20-21H,3,6-7,16-19H2,1H3,(H,37,41)(H,38,42). The van der Waals surface area contributed by atoms with Crippen LogP contribution in [0.25, 0.3) is 10.2 Å². The minimum absolute atomic E-state index is 0.304. The van der Waals surface area contributed by atoms with Crippen LogP contribution in [-0.2, 0) is 6.42 Å². The fourth-order valence-electron chi connectivity index (χ4n) is 5.78. The average molecular weight is 605 g/mol. The van der Waals surface area contributed by atoms with Gasteiger partial charge in [-0.2, -0.15) is 0 Å². The van der Waals surface area contributed by atoms with Crippen molar-refractivity contribution < 1.29 is 14.3 Å². The Kier molecular flexibility index (Phi) is 7.68. The third kappa shape index (κ3) is 5.61. The van der Waals surface area contributed by atoms with E-state index in [1.165, 1.54) is 60.5 Å². The van der Waals surface area contributed by atoms with E-state index in [-0.39, 0.29) is 5.91 Å². The molecule has 0 spiro atoms. The van der Waals surface area contributed by atoms with Crippen LogP contribution in [0.1, 0.15) is 40.1 Å². The molecule has 44 heavy (non-hydrogen) atoms. The minimum Gasteiger partial charge on any atom is -0.457 e. The van der Waals surface area contributed by atoms with E-state index in [9.17, 15) is 9.59 Å². The number of likely N-dealkylation sites (tertiary alicyclic amines) is 1. The summed E-state index contributed by atoms with van der Waals surface area (Å²) in [6.07, 6.45) is 6.32. The molecule has 5 aromatic rings. The van der Waals surface area contributed by atoms with Gasteiger partial charge in [-0.25, -0.2) is 19.7 Å². The molecule has 0 unspecified atom stereocenters. The number of para-hydroxylation sites is 1. The molecule has 9 nitrogen and oxygen atoms in total. The van der Waals surface area contributed by atoms with Crippen molar-refractivity contribution in [2.75, 3.05) is 35.2 Å². The van der Waals surface area contributed by atoms with Crippen molar-refractivity contribution in [3.05, 3.63) is 95.1 Å². The number of carbonyl (C=O) groups excluding carboxylic acids is 2. The molecule has 4 heterocycles. The molecule has 2 aromatic heterocycles. The second-order valence-electron chi connectivity index (χ2n) is 11.1. The van der Waals surface area contributed by atoms with Crippen molar-refractivity contribution in [1.82, 2.24) is 14.9 Å². The fraction of sp³-hybridized carbons (Fsp3) is 0.235. The summed E-state index contributed by atoms with van der Waals surface area (Å²) in [6.45, 7) is 5.35. The van der Waals surface area contributed by atoms with Gasteiger partial charge in [0.05, 0.1) is 16.8 Å². The first-order chi connectivity index (χ1) is 21.5. The number of ether oxygens (including phenoxy) is 1. The Hall–Kier alpha value is -4.80. The molecular weight excluding hydrogens is 572 g/mol. The van der Waals surface area contributed by atoms with E-state index in [1.54, 1.807) is 0 Å². The van der Waals surface area contributed by atoms with Crippen molar-refractivity contribution in [3.63, 3.8) is 0 Å². The molecule has 2 aliphatic heterocycles. The van der Waals surface area contributed by atoms with E-state index in [0.29, 0.717) is 43.7 Å². The van der Waals surface area contributed by atoms with E-state index in [0.717, 1.165) is 24.3 Å². The zero-order valence-electron chi connectivity index (χ0n) is 24.4. The maximum absolute atomic E-state index is 13.5. The number of carbonyl (C=O) groups is 2. The average Bonchev–Trinajstić information content (AvgIpc) is 3.42. The summed E-state index contributed by atoms with van der Waals surface area (Å²) in [5.41, 5.74) is 3.86. The van der Waals surface area contributed by atoms with Gasteiger partial charge >= 0.3 is 6.03 Å². The molecule has 3 aromatic carbocycles. The predicted molar refractivity (Wildman–Crippen MR) is 175 cm³/mol. The van der Waals surface area contributed by atoms with Gasteiger partial charge in [-0.1, -0.05) is 36.8 Å². The van der Waals surface area contributed by atoms with E-state index in [2.05, 4.69) is 37.6 Å². The highest BCUT2D eigenvalue weighted by Crippen LogP contribution is 2.45. The SMILES string of the molecule is Cc1cc(N2C(=O)Nc3c(C(=O)Nc4ccc(CCN5CCCCC5)cc4)sc4ncnc2c34)ccc1Oc1ccccc1. The first-order valence-electron chi connectivity index (χ1n) is 14.9. The highest BCUT2D eigenvalue weighted by atomic mass is 32.1. The number of nitrogens with zero attached hydrogens (tertiary/aromatic N) is 4. The Morgan fingerprint density at radius 3 is 2.57 bits per heavy atom. The van der Waals surface area contributed by atoms with Crippen molar-refractivity contribution >= 4 is 56.4 Å². The van der Waals surface area contributed by atoms with Crippen LogP contribution in [0.4, 0.5) is 27.7 Å². The van der Waals surface area contributed by atoms with Gasteiger partial charge in [0.1, 0.15) is 27.5 Å². The summed E-state index contributed by atoms with van der Waals surface area (Å²) >= 11 is 1.23. The number of urea groups is 1. The smallest absolute Gasteiger partial charge is 0.332 e. The lowest BCUT2D eigenvalue weighted by atomic mass is 10.1.